The molecule has 1 atom stereocenters. The lowest BCUT2D eigenvalue weighted by Crippen LogP contribution is -2.39. The number of rotatable bonds is 8. The minimum Gasteiger partial charge on any atom is -0.443 e. The van der Waals surface area contributed by atoms with E-state index >= 15 is 0 Å². The molecule has 0 bridgehead atoms. The molecule has 0 amide bonds. The third-order valence-corrected chi connectivity index (χ3v) is 4.81. The largest absolute Gasteiger partial charge is 0.443 e. The van der Waals surface area contributed by atoms with Crippen molar-refractivity contribution >= 4 is 29.9 Å². The van der Waals surface area contributed by atoms with Gasteiger partial charge in [-0.25, -0.2) is 4.98 Å². The highest BCUT2D eigenvalue weighted by Crippen LogP contribution is 2.22. The first-order valence-corrected chi connectivity index (χ1v) is 9.93. The van der Waals surface area contributed by atoms with Crippen LogP contribution in [0.2, 0.25) is 0 Å². The summed E-state index contributed by atoms with van der Waals surface area (Å²) in [4.78, 5) is 11.0. The molecule has 0 saturated carbocycles. The first-order valence-electron chi connectivity index (χ1n) is 9.93. The van der Waals surface area contributed by atoms with E-state index in [1.807, 2.05) is 0 Å². The Morgan fingerprint density at radius 2 is 1.90 bits per heavy atom. The number of aliphatic imine (C=N–C) groups is 1. The number of guanidine groups is 1. The predicted molar refractivity (Wildman–Crippen MR) is 131 cm³/mol. The number of nitrogens with one attached hydrogen (secondary N) is 2. The van der Waals surface area contributed by atoms with Gasteiger partial charge in [-0.05, 0) is 26.0 Å². The molecule has 1 aromatic carbocycles. The Bertz CT molecular complexity index is 739. The Balaban J connectivity index is 0.00000420. The maximum Gasteiger partial charge on any atom is 0.213 e. The van der Waals surface area contributed by atoms with Crippen LogP contribution in [-0.4, -0.2) is 42.5 Å². The first kappa shape index (κ1) is 25.4. The van der Waals surface area contributed by atoms with Crippen molar-refractivity contribution in [3.05, 3.63) is 53.7 Å². The van der Waals surface area contributed by atoms with E-state index in [2.05, 4.69) is 90.6 Å². The Labute approximate surface area is 192 Å². The van der Waals surface area contributed by atoms with Crippen LogP contribution in [0.3, 0.4) is 0 Å². The van der Waals surface area contributed by atoms with Crippen LogP contribution in [0, 0.1) is 0 Å². The van der Waals surface area contributed by atoms with Gasteiger partial charge in [-0.2, -0.15) is 0 Å². The van der Waals surface area contributed by atoms with E-state index in [0.29, 0.717) is 18.5 Å². The van der Waals surface area contributed by atoms with E-state index < -0.39 is 0 Å². The first-order chi connectivity index (χ1) is 13.3. The van der Waals surface area contributed by atoms with Gasteiger partial charge in [-0.15, -0.1) is 24.0 Å². The second-order valence-corrected chi connectivity index (χ2v) is 8.26. The summed E-state index contributed by atoms with van der Waals surface area (Å²) < 4.78 is 5.81. The number of hydrogen-bond acceptors (Lipinski definition) is 4. The summed E-state index contributed by atoms with van der Waals surface area (Å²) in [6.07, 6.45) is 2.83. The van der Waals surface area contributed by atoms with Gasteiger partial charge in [-0.1, -0.05) is 51.1 Å². The summed E-state index contributed by atoms with van der Waals surface area (Å²) in [7, 11) is 3.94. The predicted octanol–water partition coefficient (Wildman–Crippen LogP) is 4.17. The molecule has 0 saturated heterocycles. The van der Waals surface area contributed by atoms with Crippen molar-refractivity contribution in [2.24, 2.45) is 4.99 Å². The van der Waals surface area contributed by atoms with E-state index in [4.69, 9.17) is 4.42 Å². The number of hydrogen-bond donors (Lipinski definition) is 2. The lowest BCUT2D eigenvalue weighted by Gasteiger charge is -2.25. The van der Waals surface area contributed by atoms with Gasteiger partial charge in [0.2, 0.25) is 5.89 Å². The molecule has 2 aromatic rings. The maximum absolute atomic E-state index is 5.81. The van der Waals surface area contributed by atoms with Crippen molar-refractivity contribution in [1.29, 1.82) is 0 Å². The maximum atomic E-state index is 5.81. The number of halogens is 1. The highest BCUT2D eigenvalue weighted by molar-refractivity contribution is 14.0. The van der Waals surface area contributed by atoms with Crippen molar-refractivity contribution in [3.8, 4) is 0 Å². The van der Waals surface area contributed by atoms with E-state index in [1.165, 1.54) is 5.56 Å². The molecule has 2 N–H and O–H groups in total. The molecule has 0 spiro atoms. The van der Waals surface area contributed by atoms with Crippen molar-refractivity contribution in [1.82, 2.24) is 20.5 Å². The Morgan fingerprint density at radius 1 is 1.21 bits per heavy atom. The van der Waals surface area contributed by atoms with Crippen molar-refractivity contribution in [3.63, 3.8) is 0 Å². The van der Waals surface area contributed by atoms with Crippen LogP contribution in [0.1, 0.15) is 51.3 Å². The average Bonchev–Trinajstić information content (AvgIpc) is 3.14. The lowest BCUT2D eigenvalue weighted by molar-refractivity contribution is 0.238. The smallest absolute Gasteiger partial charge is 0.213 e. The molecule has 7 heteroatoms. The van der Waals surface area contributed by atoms with Gasteiger partial charge in [0.1, 0.15) is 5.76 Å². The van der Waals surface area contributed by atoms with Crippen molar-refractivity contribution in [2.45, 2.75) is 58.7 Å². The number of nitrogens with zero attached hydrogens (tertiary/aromatic N) is 3. The van der Waals surface area contributed by atoms with E-state index in [1.54, 1.807) is 13.2 Å². The van der Waals surface area contributed by atoms with E-state index in [-0.39, 0.29) is 29.4 Å². The van der Waals surface area contributed by atoms with Gasteiger partial charge in [0, 0.05) is 31.6 Å². The third-order valence-electron chi connectivity index (χ3n) is 4.81. The van der Waals surface area contributed by atoms with Gasteiger partial charge < -0.3 is 15.1 Å². The van der Waals surface area contributed by atoms with Crippen LogP contribution in [0.4, 0.5) is 0 Å². The summed E-state index contributed by atoms with van der Waals surface area (Å²) in [5, 5.41) is 6.63. The van der Waals surface area contributed by atoms with Crippen LogP contribution in [0.15, 0.2) is 45.9 Å². The fourth-order valence-corrected chi connectivity index (χ4v) is 2.77. The molecule has 0 aliphatic rings. The topological polar surface area (TPSA) is 65.7 Å². The summed E-state index contributed by atoms with van der Waals surface area (Å²) in [5.41, 5.74) is 1.30. The molecule has 1 heterocycles. The minimum atomic E-state index is -0.0346. The van der Waals surface area contributed by atoms with Gasteiger partial charge in [-0.3, -0.25) is 9.89 Å². The van der Waals surface area contributed by atoms with Gasteiger partial charge in [0.05, 0.1) is 12.7 Å². The fourth-order valence-electron chi connectivity index (χ4n) is 2.77. The summed E-state index contributed by atoms with van der Waals surface area (Å²) in [5.74, 6) is 2.32. The molecule has 6 nitrogen and oxygen atoms in total. The van der Waals surface area contributed by atoms with Crippen molar-refractivity contribution < 1.29 is 4.42 Å². The second kappa shape index (κ2) is 12.2. The van der Waals surface area contributed by atoms with Gasteiger partial charge >= 0.3 is 0 Å². The molecule has 1 aromatic heterocycles. The molecular formula is C22H36IN5O. The second-order valence-electron chi connectivity index (χ2n) is 8.26. The summed E-state index contributed by atoms with van der Waals surface area (Å²) in [6, 6.07) is 11.0. The normalized spacial score (nSPS) is 13.1. The minimum absolute atomic E-state index is 0. The average molecular weight is 513 g/mol. The van der Waals surface area contributed by atoms with Crippen LogP contribution in [0.5, 0.6) is 0 Å². The molecule has 29 heavy (non-hydrogen) atoms. The van der Waals surface area contributed by atoms with Crippen LogP contribution in [0.25, 0.3) is 0 Å². The summed E-state index contributed by atoms with van der Waals surface area (Å²) >= 11 is 0. The van der Waals surface area contributed by atoms with Crippen LogP contribution < -0.4 is 10.6 Å². The summed E-state index contributed by atoms with van der Waals surface area (Å²) in [6.45, 7) is 10.9. The highest BCUT2D eigenvalue weighted by Gasteiger charge is 2.19. The molecule has 0 radical (unpaired) electrons. The lowest BCUT2D eigenvalue weighted by atomic mass is 9.94. The monoisotopic (exact) mass is 513 g/mol. The molecule has 0 aliphatic carbocycles. The van der Waals surface area contributed by atoms with Gasteiger partial charge in [0.15, 0.2) is 5.96 Å². The van der Waals surface area contributed by atoms with Crippen LogP contribution in [-0.2, 0) is 18.5 Å². The Kier molecular flexibility index (Phi) is 10.7. The zero-order chi connectivity index (χ0) is 20.6. The number of oxazole rings is 1. The molecule has 1 unspecified atom stereocenters. The molecule has 162 valence electrons. The number of aromatic nitrogens is 1. The zero-order valence-corrected chi connectivity index (χ0v) is 20.9. The molecule has 0 fully saturated rings. The van der Waals surface area contributed by atoms with E-state index in [0.717, 1.165) is 31.2 Å². The zero-order valence-electron chi connectivity index (χ0n) is 18.5. The molecule has 0 aliphatic heterocycles. The quantitative estimate of drug-likeness (QED) is 0.315. The fraction of sp³-hybridized carbons (Fsp3) is 0.545. The molecular weight excluding hydrogens is 477 g/mol. The SMILES string of the molecule is CN=C(NCCC(C)N(C)Cc1ccccc1)NCc1ncc(C(C)(C)C)o1.I. The van der Waals surface area contributed by atoms with Gasteiger partial charge in [0.25, 0.3) is 0 Å². The van der Waals surface area contributed by atoms with Crippen LogP contribution >= 0.6 is 24.0 Å². The standard InChI is InChI=1S/C22H35N5O.HI/c1-17(27(6)16-18-10-8-7-9-11-18)12-13-24-21(23-5)26-15-20-25-14-19(28-20)22(2,3)4;/h7-11,14,17H,12-13,15-16H2,1-6H3,(H2,23,24,26);1H. The Morgan fingerprint density at radius 3 is 2.48 bits per heavy atom. The Hall–Kier alpha value is -1.61. The molecule has 2 rings (SSSR count). The third kappa shape index (κ3) is 8.74. The highest BCUT2D eigenvalue weighted by atomic mass is 127. The van der Waals surface area contributed by atoms with Crippen molar-refractivity contribution in [2.75, 3.05) is 20.6 Å². The van der Waals surface area contributed by atoms with E-state index in [9.17, 15) is 0 Å². The number of benzene rings is 1.